The molecule has 0 amide bonds. The number of amidine groups is 1. The molecule has 0 radical (unpaired) electrons. The van der Waals surface area contributed by atoms with Crippen LogP contribution < -0.4 is 9.47 Å². The lowest BCUT2D eigenvalue weighted by Gasteiger charge is -2.29. The number of ether oxygens (including phenoxy) is 2. The molecule has 3 heterocycles. The number of aromatic nitrogens is 1. The van der Waals surface area contributed by atoms with Crippen molar-refractivity contribution in [2.75, 3.05) is 20.3 Å². The van der Waals surface area contributed by atoms with E-state index >= 15 is 0 Å². The van der Waals surface area contributed by atoms with Crippen LogP contribution in [0.1, 0.15) is 37.2 Å². The monoisotopic (exact) mass is 447 g/mol. The predicted octanol–water partition coefficient (Wildman–Crippen LogP) is 4.84. The van der Waals surface area contributed by atoms with Crippen LogP contribution in [0.15, 0.2) is 46.0 Å². The molecule has 4 rings (SSSR count). The molecule has 0 saturated carbocycles. The molecule has 3 atom stereocenters. The molecular formula is C20H22BrN3O2S. The van der Waals surface area contributed by atoms with Gasteiger partial charge >= 0.3 is 0 Å². The van der Waals surface area contributed by atoms with Crippen molar-refractivity contribution in [3.05, 3.63) is 52.3 Å². The molecular weight excluding hydrogens is 426 g/mol. The number of benzene rings is 1. The normalized spacial score (nSPS) is 23.9. The first-order chi connectivity index (χ1) is 13.1. The van der Waals surface area contributed by atoms with Crippen LogP contribution in [0.4, 0.5) is 0 Å². The van der Waals surface area contributed by atoms with Crippen LogP contribution in [0, 0.1) is 0 Å². The van der Waals surface area contributed by atoms with Gasteiger partial charge in [0, 0.05) is 28.0 Å². The number of nitrogens with zero attached hydrogens (tertiary/aromatic N) is 3. The van der Waals surface area contributed by atoms with E-state index < -0.39 is 0 Å². The number of thioether (sulfide) groups is 1. The Hall–Kier alpha value is -1.73. The average molecular weight is 448 g/mol. The molecule has 5 nitrogen and oxygen atoms in total. The number of hydrogen-bond donors (Lipinski definition) is 0. The highest BCUT2D eigenvalue weighted by atomic mass is 79.9. The lowest BCUT2D eigenvalue weighted by atomic mass is 9.95. The first-order valence-electron chi connectivity index (χ1n) is 9.04. The fourth-order valence-corrected chi connectivity index (χ4v) is 5.26. The zero-order chi connectivity index (χ0) is 19.0. The van der Waals surface area contributed by atoms with Crippen molar-refractivity contribution in [1.29, 1.82) is 0 Å². The standard InChI is InChI=1S/C20H22BrN3O2S/c1-4-26-19-14(9-13(21)10-16(19)25-3)18-17(15-7-5-6-8-22-15)23-20-24(18)11-12(2)27-20/h5-10,12,17-18H,4,11H2,1-3H3/t12-,17-,18-/m0/s1. The van der Waals surface area contributed by atoms with Crippen molar-refractivity contribution in [3.63, 3.8) is 0 Å². The van der Waals surface area contributed by atoms with Crippen LogP contribution >= 0.6 is 27.7 Å². The van der Waals surface area contributed by atoms with E-state index in [0.29, 0.717) is 11.9 Å². The van der Waals surface area contributed by atoms with Crippen LogP contribution in [0.5, 0.6) is 11.5 Å². The molecule has 27 heavy (non-hydrogen) atoms. The van der Waals surface area contributed by atoms with Crippen molar-refractivity contribution in [3.8, 4) is 11.5 Å². The molecule has 2 aliphatic rings. The molecule has 0 unspecified atom stereocenters. The third-order valence-corrected chi connectivity index (χ3v) is 6.32. The molecule has 1 saturated heterocycles. The van der Waals surface area contributed by atoms with Gasteiger partial charge in [-0.25, -0.2) is 0 Å². The van der Waals surface area contributed by atoms with Gasteiger partial charge in [0.25, 0.3) is 0 Å². The molecule has 0 bridgehead atoms. The lowest BCUT2D eigenvalue weighted by molar-refractivity contribution is 0.278. The van der Waals surface area contributed by atoms with Gasteiger partial charge in [-0.05, 0) is 31.2 Å². The number of methoxy groups -OCH3 is 1. The van der Waals surface area contributed by atoms with Crippen molar-refractivity contribution >= 4 is 32.9 Å². The van der Waals surface area contributed by atoms with E-state index in [0.717, 1.165) is 38.9 Å². The zero-order valence-electron chi connectivity index (χ0n) is 15.6. The van der Waals surface area contributed by atoms with Gasteiger partial charge in [0.1, 0.15) is 6.04 Å². The first kappa shape index (κ1) is 18.6. The minimum atomic E-state index is -0.0700. The quantitative estimate of drug-likeness (QED) is 0.655. The number of fused-ring (bicyclic) bond motifs is 1. The van der Waals surface area contributed by atoms with E-state index in [4.69, 9.17) is 14.5 Å². The van der Waals surface area contributed by atoms with Crippen LogP contribution in [-0.2, 0) is 0 Å². The maximum absolute atomic E-state index is 6.04. The fraction of sp³-hybridized carbons (Fsp3) is 0.400. The highest BCUT2D eigenvalue weighted by Crippen LogP contribution is 2.51. The van der Waals surface area contributed by atoms with Gasteiger partial charge in [-0.3, -0.25) is 9.98 Å². The van der Waals surface area contributed by atoms with Crippen molar-refractivity contribution < 1.29 is 9.47 Å². The summed E-state index contributed by atoms with van der Waals surface area (Å²) in [7, 11) is 1.68. The molecule has 142 valence electrons. The second kappa shape index (κ2) is 7.72. The summed E-state index contributed by atoms with van der Waals surface area (Å²) in [6.07, 6.45) is 1.83. The summed E-state index contributed by atoms with van der Waals surface area (Å²) in [6.45, 7) is 5.76. The number of halogens is 1. The maximum atomic E-state index is 6.04. The Balaban J connectivity index is 1.86. The van der Waals surface area contributed by atoms with E-state index in [1.165, 1.54) is 0 Å². The number of hydrogen-bond acceptors (Lipinski definition) is 6. The second-order valence-electron chi connectivity index (χ2n) is 6.60. The highest BCUT2D eigenvalue weighted by molar-refractivity contribution is 9.10. The molecule has 2 aliphatic heterocycles. The van der Waals surface area contributed by atoms with Crippen LogP contribution in [0.3, 0.4) is 0 Å². The van der Waals surface area contributed by atoms with Crippen LogP contribution in [-0.4, -0.2) is 40.6 Å². The summed E-state index contributed by atoms with van der Waals surface area (Å²) in [4.78, 5) is 12.0. The fourth-order valence-electron chi connectivity index (χ4n) is 3.71. The molecule has 0 aliphatic carbocycles. The maximum Gasteiger partial charge on any atom is 0.166 e. The van der Waals surface area contributed by atoms with Gasteiger partial charge in [-0.15, -0.1) is 0 Å². The molecule has 0 N–H and O–H groups in total. The Morgan fingerprint density at radius 1 is 1.33 bits per heavy atom. The van der Waals surface area contributed by atoms with Gasteiger partial charge < -0.3 is 14.4 Å². The summed E-state index contributed by atoms with van der Waals surface area (Å²) < 4.78 is 12.6. The number of pyridine rings is 1. The highest BCUT2D eigenvalue weighted by Gasteiger charge is 2.45. The minimum absolute atomic E-state index is 0.0281. The van der Waals surface area contributed by atoms with E-state index in [1.807, 2.05) is 49.1 Å². The van der Waals surface area contributed by atoms with Gasteiger partial charge in [-0.2, -0.15) is 0 Å². The molecule has 1 fully saturated rings. The minimum Gasteiger partial charge on any atom is -0.493 e. The Bertz CT molecular complexity index is 862. The summed E-state index contributed by atoms with van der Waals surface area (Å²) in [5, 5.41) is 1.60. The Labute approximate surface area is 172 Å². The zero-order valence-corrected chi connectivity index (χ0v) is 18.0. The second-order valence-corrected chi connectivity index (χ2v) is 8.92. The number of aliphatic imine (C=N–C) groups is 1. The first-order valence-corrected chi connectivity index (χ1v) is 10.7. The summed E-state index contributed by atoms with van der Waals surface area (Å²) in [5.41, 5.74) is 2.05. The molecule has 1 aromatic heterocycles. The molecule has 7 heteroatoms. The summed E-state index contributed by atoms with van der Waals surface area (Å²) in [6, 6.07) is 10.0. The van der Waals surface area contributed by atoms with Crippen LogP contribution in [0.2, 0.25) is 0 Å². The third kappa shape index (κ3) is 3.43. The Kier molecular flexibility index (Phi) is 5.32. The number of rotatable bonds is 5. The molecule has 0 spiro atoms. The molecule has 1 aromatic carbocycles. The van der Waals surface area contributed by atoms with Gasteiger partial charge in [0.15, 0.2) is 16.7 Å². The smallest absolute Gasteiger partial charge is 0.166 e. The van der Waals surface area contributed by atoms with E-state index in [2.05, 4.69) is 38.8 Å². The van der Waals surface area contributed by atoms with E-state index in [-0.39, 0.29) is 12.1 Å². The van der Waals surface area contributed by atoms with Crippen molar-refractivity contribution in [2.45, 2.75) is 31.2 Å². The van der Waals surface area contributed by atoms with Crippen LogP contribution in [0.25, 0.3) is 0 Å². The molecule has 2 aromatic rings. The van der Waals surface area contributed by atoms with Gasteiger partial charge in [0.2, 0.25) is 0 Å². The van der Waals surface area contributed by atoms with Gasteiger partial charge in [0.05, 0.1) is 25.5 Å². The topological polar surface area (TPSA) is 47.0 Å². The van der Waals surface area contributed by atoms with Gasteiger partial charge in [-0.1, -0.05) is 40.7 Å². The largest absolute Gasteiger partial charge is 0.493 e. The Morgan fingerprint density at radius 3 is 2.89 bits per heavy atom. The van der Waals surface area contributed by atoms with Crippen molar-refractivity contribution in [1.82, 2.24) is 9.88 Å². The van der Waals surface area contributed by atoms with E-state index in [9.17, 15) is 0 Å². The Morgan fingerprint density at radius 2 is 2.19 bits per heavy atom. The lowest BCUT2D eigenvalue weighted by Crippen LogP contribution is -2.29. The van der Waals surface area contributed by atoms with E-state index in [1.54, 1.807) is 7.11 Å². The van der Waals surface area contributed by atoms with Crippen molar-refractivity contribution in [2.24, 2.45) is 4.99 Å². The SMILES string of the molecule is CCOc1c(OC)cc(Br)cc1[C@H]1[C@H](c2ccccn2)N=C2S[C@@H](C)CN21. The summed E-state index contributed by atoms with van der Waals surface area (Å²) >= 11 is 5.47. The predicted molar refractivity (Wildman–Crippen MR) is 113 cm³/mol. The third-order valence-electron chi connectivity index (χ3n) is 4.76. The average Bonchev–Trinajstić information content (AvgIpc) is 3.19. The summed E-state index contributed by atoms with van der Waals surface area (Å²) in [5.74, 6) is 1.52.